The maximum absolute atomic E-state index is 12.3. The second-order valence-electron chi connectivity index (χ2n) is 3.10. The molecule has 0 saturated heterocycles. The van der Waals surface area contributed by atoms with Gasteiger partial charge in [0, 0.05) is 22.2 Å². The van der Waals surface area contributed by atoms with Crippen molar-refractivity contribution >= 4 is 28.4 Å². The van der Waals surface area contributed by atoms with Gasteiger partial charge >= 0.3 is 5.51 Å². The van der Waals surface area contributed by atoms with Crippen molar-refractivity contribution in [2.75, 3.05) is 5.73 Å². The monoisotopic (exact) mass is 244 g/mol. The lowest BCUT2D eigenvalue weighted by Crippen LogP contribution is -2.00. The standard InChI is InChI=1S/C10H7F3N2S/c11-10(12,13)16-8-3-1-2-6-7(14)4-5-15-9(6)8/h1-5H,(H2,14,15). The Hall–Kier alpha value is -1.43. The highest BCUT2D eigenvalue weighted by Gasteiger charge is 2.30. The lowest BCUT2D eigenvalue weighted by Gasteiger charge is -2.08. The van der Waals surface area contributed by atoms with Gasteiger partial charge in [0.25, 0.3) is 0 Å². The molecule has 0 aliphatic heterocycles. The van der Waals surface area contributed by atoms with Gasteiger partial charge in [-0.2, -0.15) is 13.2 Å². The Kier molecular flexibility index (Phi) is 2.67. The van der Waals surface area contributed by atoms with E-state index in [1.54, 1.807) is 12.1 Å². The fraction of sp³-hybridized carbons (Fsp3) is 0.100. The summed E-state index contributed by atoms with van der Waals surface area (Å²) >= 11 is -0.179. The van der Waals surface area contributed by atoms with E-state index >= 15 is 0 Å². The van der Waals surface area contributed by atoms with Crippen LogP contribution in [0.2, 0.25) is 0 Å². The first-order chi connectivity index (χ1) is 7.47. The topological polar surface area (TPSA) is 38.9 Å². The molecule has 0 atom stereocenters. The molecule has 0 saturated carbocycles. The number of benzene rings is 1. The number of nitrogens with two attached hydrogens (primary N) is 1. The Labute approximate surface area is 93.7 Å². The van der Waals surface area contributed by atoms with E-state index in [-0.39, 0.29) is 22.2 Å². The molecule has 0 aliphatic carbocycles. The first kappa shape index (κ1) is 11.1. The van der Waals surface area contributed by atoms with Crippen LogP contribution in [0.3, 0.4) is 0 Å². The lowest BCUT2D eigenvalue weighted by atomic mass is 10.2. The maximum Gasteiger partial charge on any atom is 0.446 e. The Morgan fingerprint density at radius 3 is 2.62 bits per heavy atom. The molecule has 16 heavy (non-hydrogen) atoms. The minimum absolute atomic E-state index is 0.0669. The first-order valence-corrected chi connectivity index (χ1v) is 5.18. The van der Waals surface area contributed by atoms with Gasteiger partial charge in [-0.05, 0) is 23.9 Å². The molecular weight excluding hydrogens is 237 g/mol. The van der Waals surface area contributed by atoms with Gasteiger partial charge in [0.05, 0.1) is 5.52 Å². The number of halogens is 3. The molecule has 0 fully saturated rings. The number of nitrogen functional groups attached to an aromatic ring is 1. The van der Waals surface area contributed by atoms with Crippen LogP contribution in [0, 0.1) is 0 Å². The van der Waals surface area contributed by atoms with Gasteiger partial charge in [-0.15, -0.1) is 0 Å². The molecule has 2 aromatic rings. The van der Waals surface area contributed by atoms with Crippen molar-refractivity contribution in [2.45, 2.75) is 10.4 Å². The van der Waals surface area contributed by atoms with Crippen LogP contribution < -0.4 is 5.73 Å². The van der Waals surface area contributed by atoms with Gasteiger partial charge in [-0.1, -0.05) is 12.1 Å². The predicted molar refractivity (Wildman–Crippen MR) is 58.1 cm³/mol. The zero-order chi connectivity index (χ0) is 11.8. The average molecular weight is 244 g/mol. The number of alkyl halides is 3. The number of para-hydroxylation sites is 1. The number of aromatic nitrogens is 1. The van der Waals surface area contributed by atoms with Gasteiger partial charge in [0.2, 0.25) is 0 Å². The Balaban J connectivity index is 2.58. The van der Waals surface area contributed by atoms with Gasteiger partial charge < -0.3 is 5.73 Å². The van der Waals surface area contributed by atoms with Crippen molar-refractivity contribution in [3.8, 4) is 0 Å². The smallest absolute Gasteiger partial charge is 0.398 e. The van der Waals surface area contributed by atoms with E-state index in [2.05, 4.69) is 4.98 Å². The number of hydrogen-bond acceptors (Lipinski definition) is 3. The summed E-state index contributed by atoms with van der Waals surface area (Å²) in [5.41, 5.74) is 2.05. The van der Waals surface area contributed by atoms with Crippen molar-refractivity contribution < 1.29 is 13.2 Å². The number of pyridine rings is 1. The molecule has 0 radical (unpaired) electrons. The zero-order valence-corrected chi connectivity index (χ0v) is 8.77. The van der Waals surface area contributed by atoms with Crippen LogP contribution in [0.4, 0.5) is 18.9 Å². The molecule has 0 unspecified atom stereocenters. The summed E-state index contributed by atoms with van der Waals surface area (Å²) in [7, 11) is 0. The SMILES string of the molecule is Nc1ccnc2c(SC(F)(F)F)cccc12. The molecule has 1 aromatic heterocycles. The van der Waals surface area contributed by atoms with E-state index in [1.165, 1.54) is 18.3 Å². The average Bonchev–Trinajstić information content (AvgIpc) is 2.17. The summed E-state index contributed by atoms with van der Waals surface area (Å²) in [4.78, 5) is 3.99. The van der Waals surface area contributed by atoms with E-state index in [4.69, 9.17) is 5.73 Å². The van der Waals surface area contributed by atoms with Crippen LogP contribution in [0.25, 0.3) is 10.9 Å². The summed E-state index contributed by atoms with van der Waals surface area (Å²) < 4.78 is 36.8. The molecule has 0 amide bonds. The lowest BCUT2D eigenvalue weighted by molar-refractivity contribution is -0.0327. The third-order valence-corrected chi connectivity index (χ3v) is 2.77. The minimum Gasteiger partial charge on any atom is -0.398 e. The maximum atomic E-state index is 12.3. The van der Waals surface area contributed by atoms with Crippen LogP contribution in [0.15, 0.2) is 35.4 Å². The fourth-order valence-corrected chi connectivity index (χ4v) is 2.03. The predicted octanol–water partition coefficient (Wildman–Crippen LogP) is 3.43. The quantitative estimate of drug-likeness (QED) is 0.781. The normalized spacial score (nSPS) is 11.9. The molecule has 6 heteroatoms. The summed E-state index contributed by atoms with van der Waals surface area (Å²) in [6.07, 6.45) is 1.40. The Morgan fingerprint density at radius 1 is 1.19 bits per heavy atom. The van der Waals surface area contributed by atoms with Gasteiger partial charge in [-0.3, -0.25) is 4.98 Å². The van der Waals surface area contributed by atoms with E-state index in [0.29, 0.717) is 11.1 Å². The van der Waals surface area contributed by atoms with Crippen molar-refractivity contribution in [3.05, 3.63) is 30.5 Å². The van der Waals surface area contributed by atoms with E-state index < -0.39 is 5.51 Å². The van der Waals surface area contributed by atoms with E-state index in [0.717, 1.165) is 0 Å². The number of nitrogens with zero attached hydrogens (tertiary/aromatic N) is 1. The summed E-state index contributed by atoms with van der Waals surface area (Å²) in [6.45, 7) is 0. The number of rotatable bonds is 1. The molecule has 0 aliphatic rings. The molecule has 2 nitrogen and oxygen atoms in total. The molecule has 1 heterocycles. The number of fused-ring (bicyclic) bond motifs is 1. The van der Waals surface area contributed by atoms with E-state index in [1.807, 2.05) is 0 Å². The first-order valence-electron chi connectivity index (χ1n) is 4.36. The molecule has 0 spiro atoms. The third-order valence-electron chi connectivity index (χ3n) is 1.99. The van der Waals surface area contributed by atoms with Crippen LogP contribution in [0.1, 0.15) is 0 Å². The van der Waals surface area contributed by atoms with Crippen LogP contribution in [-0.4, -0.2) is 10.5 Å². The number of hydrogen-bond donors (Lipinski definition) is 1. The second-order valence-corrected chi connectivity index (χ2v) is 4.21. The van der Waals surface area contributed by atoms with Gasteiger partial charge in [0.1, 0.15) is 0 Å². The van der Waals surface area contributed by atoms with Crippen molar-refractivity contribution in [1.82, 2.24) is 4.98 Å². The second kappa shape index (κ2) is 3.86. The molecular formula is C10H7F3N2S. The van der Waals surface area contributed by atoms with E-state index in [9.17, 15) is 13.2 Å². The Morgan fingerprint density at radius 2 is 1.94 bits per heavy atom. The van der Waals surface area contributed by atoms with Crippen molar-refractivity contribution in [3.63, 3.8) is 0 Å². The number of anilines is 1. The minimum atomic E-state index is -4.32. The molecule has 84 valence electrons. The fourth-order valence-electron chi connectivity index (χ4n) is 1.38. The van der Waals surface area contributed by atoms with Crippen LogP contribution >= 0.6 is 11.8 Å². The Bertz CT molecular complexity index is 525. The molecule has 1 aromatic carbocycles. The zero-order valence-electron chi connectivity index (χ0n) is 7.95. The highest BCUT2D eigenvalue weighted by Crippen LogP contribution is 2.40. The summed E-state index contributed by atoms with van der Waals surface area (Å²) in [5, 5.41) is 0.539. The number of thioether (sulfide) groups is 1. The molecule has 2 rings (SSSR count). The highest BCUT2D eigenvalue weighted by molar-refractivity contribution is 8.00. The largest absolute Gasteiger partial charge is 0.446 e. The van der Waals surface area contributed by atoms with Gasteiger partial charge in [-0.25, -0.2) is 0 Å². The van der Waals surface area contributed by atoms with Crippen LogP contribution in [0.5, 0.6) is 0 Å². The van der Waals surface area contributed by atoms with Gasteiger partial charge in [0.15, 0.2) is 0 Å². The van der Waals surface area contributed by atoms with Crippen LogP contribution in [-0.2, 0) is 0 Å². The molecule has 0 bridgehead atoms. The summed E-state index contributed by atoms with van der Waals surface area (Å²) in [5.74, 6) is 0. The van der Waals surface area contributed by atoms with Crippen molar-refractivity contribution in [2.24, 2.45) is 0 Å². The third kappa shape index (κ3) is 2.21. The molecule has 2 N–H and O–H groups in total. The highest BCUT2D eigenvalue weighted by atomic mass is 32.2. The van der Waals surface area contributed by atoms with Crippen molar-refractivity contribution in [1.29, 1.82) is 0 Å². The summed E-state index contributed by atoms with van der Waals surface area (Å²) in [6, 6.07) is 6.13.